The maximum absolute atomic E-state index is 4.68. The molecule has 0 N–H and O–H groups in total. The molecule has 1 aliphatic rings. The van der Waals surface area contributed by atoms with Crippen LogP contribution in [0.4, 0.5) is 0 Å². The SMILES string of the molecule is C=Cc1ccc(-n2ccc(-c3[c-]ccc(-c4ccccn4)c3)n2)cc1.Cn1ccc(-c2[c-]cc3c(c2)C(C)(C)c2ccccc2-3)n1.Cn1ccnc1-c1[c-]ccnc1.Cn1cnnc1-c1[c-]nsc1.[Ir].[Ir].[Ir].[Ir].[Pt].[c-]1cncnc1-n1cccn1. The summed E-state index contributed by atoms with van der Waals surface area (Å²) >= 11 is 1.36. The zero-order valence-corrected chi connectivity index (χ0v) is 58.7. The van der Waals surface area contributed by atoms with Crippen molar-refractivity contribution in [3.63, 3.8) is 0 Å². The van der Waals surface area contributed by atoms with E-state index in [9.17, 15) is 0 Å². The van der Waals surface area contributed by atoms with Crippen molar-refractivity contribution >= 4 is 17.6 Å². The van der Waals surface area contributed by atoms with Crippen LogP contribution in [0.2, 0.25) is 0 Å². The molecule has 0 fully saturated rings. The van der Waals surface area contributed by atoms with Gasteiger partial charge < -0.3 is 20.2 Å². The van der Waals surface area contributed by atoms with Crippen LogP contribution in [-0.2, 0) is 128 Å². The van der Waals surface area contributed by atoms with Gasteiger partial charge in [0.15, 0.2) is 0 Å². The standard InChI is InChI=1S/C22H16N3.C19H17N2.C9H8N3.C7H5N4.C6H5N4S.4Ir.Pt/c1-2-17-9-11-20(12-10-17)25-15-13-22(24-25)19-7-5-6-18(16-19)21-8-3-4-14-23-21;1-19(2)16-7-5-4-6-14(16)15-9-8-13(12-17(15)19)18-10-11-21(3)20-18;1-12-6-5-11-9(12)8-3-2-4-10-7-8;1-3-10-11(5-1)7-2-4-8-6-9-7;1-10-4-7-9-6(10)5-2-8-11-3-5;;;;;/h2-6,8-16H,1H2;4-7,9-12H,1-3H3;2,4-7H,1H3;1,3-6H;3-4H,1H3;;;;;/q5*-1;;;;;. The monoisotopic (exact) mass is 2030 g/mol. The Morgan fingerprint density at radius 2 is 1.38 bits per heavy atom. The van der Waals surface area contributed by atoms with E-state index in [0.717, 1.165) is 67.8 Å². The van der Waals surface area contributed by atoms with E-state index in [1.54, 1.807) is 60.5 Å². The van der Waals surface area contributed by atoms with Gasteiger partial charge in [0.1, 0.15) is 12.7 Å². The summed E-state index contributed by atoms with van der Waals surface area (Å²) in [5.41, 5.74) is 15.2. The van der Waals surface area contributed by atoms with Gasteiger partial charge in [-0.15, -0.1) is 94.6 Å². The predicted octanol–water partition coefficient (Wildman–Crippen LogP) is 11.7. The van der Waals surface area contributed by atoms with Gasteiger partial charge in [-0.25, -0.2) is 10.2 Å². The van der Waals surface area contributed by atoms with E-state index in [4.69, 9.17) is 0 Å². The molecule has 0 spiro atoms. The Kier molecular flexibility index (Phi) is 26.6. The van der Waals surface area contributed by atoms with Crippen LogP contribution in [0.25, 0.3) is 85.3 Å². The molecule has 85 heavy (non-hydrogen) atoms. The van der Waals surface area contributed by atoms with Crippen molar-refractivity contribution in [1.82, 2.24) is 78.0 Å². The third-order valence-electron chi connectivity index (χ3n) is 12.8. The molecule has 0 saturated carbocycles. The molecule has 13 aromatic rings. The van der Waals surface area contributed by atoms with Crippen molar-refractivity contribution in [1.29, 1.82) is 0 Å². The Bertz CT molecular complexity index is 4060. The molecule has 4 aromatic carbocycles. The molecule has 0 atom stereocenters. The summed E-state index contributed by atoms with van der Waals surface area (Å²) < 4.78 is 12.9. The third kappa shape index (κ3) is 17.1. The van der Waals surface area contributed by atoms with E-state index >= 15 is 0 Å². The van der Waals surface area contributed by atoms with Crippen LogP contribution < -0.4 is 0 Å². The van der Waals surface area contributed by atoms with Crippen LogP contribution in [0.5, 0.6) is 0 Å². The minimum absolute atomic E-state index is 0. The van der Waals surface area contributed by atoms with E-state index in [1.807, 2.05) is 142 Å². The number of hydrogen-bond donors (Lipinski definition) is 0. The Morgan fingerprint density at radius 3 is 2.02 bits per heavy atom. The molecule has 22 heteroatoms. The minimum Gasteiger partial charge on any atom is -0.406 e. The van der Waals surface area contributed by atoms with Crippen molar-refractivity contribution in [2.45, 2.75) is 19.3 Å². The molecule has 0 saturated heterocycles. The number of pyridine rings is 2. The number of imidazole rings is 1. The summed E-state index contributed by atoms with van der Waals surface area (Å²) in [6, 6.07) is 53.3. The zero-order valence-electron chi connectivity index (χ0n) is 46.1. The average molecular weight is 2030 g/mol. The maximum atomic E-state index is 4.68. The van der Waals surface area contributed by atoms with Crippen molar-refractivity contribution in [2.75, 3.05) is 0 Å². The van der Waals surface area contributed by atoms with E-state index in [2.05, 4.69) is 148 Å². The summed E-state index contributed by atoms with van der Waals surface area (Å²) in [5, 5.41) is 22.7. The second kappa shape index (κ2) is 33.0. The summed E-state index contributed by atoms with van der Waals surface area (Å²) in [6.07, 6.45) is 25.7. The first-order valence-electron chi connectivity index (χ1n) is 25.1. The number of nitrogens with zero attached hydrogens (tertiary/aromatic N) is 16. The van der Waals surface area contributed by atoms with Crippen LogP contribution in [0.3, 0.4) is 0 Å². The van der Waals surface area contributed by atoms with Gasteiger partial charge in [-0.1, -0.05) is 127 Å². The molecule has 1 aliphatic carbocycles. The molecule has 9 heterocycles. The van der Waals surface area contributed by atoms with E-state index < -0.39 is 0 Å². The van der Waals surface area contributed by atoms with Crippen molar-refractivity contribution < 1.29 is 101 Å². The molecule has 16 nitrogen and oxygen atoms in total. The normalized spacial score (nSPS) is 10.8. The first-order chi connectivity index (χ1) is 39.1. The van der Waals surface area contributed by atoms with Gasteiger partial charge in [-0.3, -0.25) is 38.4 Å². The second-order valence-electron chi connectivity index (χ2n) is 18.4. The number of fused-ring (bicyclic) bond motifs is 3. The van der Waals surface area contributed by atoms with Crippen LogP contribution in [0, 0.1) is 30.5 Å². The summed E-state index contributed by atoms with van der Waals surface area (Å²) in [5.74, 6) is 2.35. The van der Waals surface area contributed by atoms with Crippen LogP contribution >= 0.6 is 11.5 Å². The molecule has 440 valence electrons. The molecular formula is C63H51Ir4N16PtS-5. The zero-order chi connectivity index (χ0) is 55.3. The summed E-state index contributed by atoms with van der Waals surface area (Å²) in [6.45, 7) is 8.36. The van der Waals surface area contributed by atoms with Crippen LogP contribution in [0.15, 0.2) is 208 Å². The van der Waals surface area contributed by atoms with Gasteiger partial charge in [0.2, 0.25) is 0 Å². The molecule has 0 aliphatic heterocycles. The minimum atomic E-state index is 0. The van der Waals surface area contributed by atoms with E-state index in [-0.39, 0.29) is 107 Å². The Labute approximate surface area is 566 Å². The average Bonchev–Trinajstić information content (AvgIpc) is 2.70. The van der Waals surface area contributed by atoms with Crippen LogP contribution in [-0.4, -0.2) is 78.0 Å². The van der Waals surface area contributed by atoms with E-state index in [0.29, 0.717) is 5.82 Å². The Balaban J connectivity index is 0.000000199. The van der Waals surface area contributed by atoms with Gasteiger partial charge in [0, 0.05) is 177 Å². The fourth-order valence-corrected chi connectivity index (χ4v) is 9.15. The number of hydrogen-bond acceptors (Lipinski definition) is 12. The van der Waals surface area contributed by atoms with Crippen molar-refractivity contribution in [2.24, 2.45) is 21.1 Å². The molecule has 14 rings (SSSR count). The van der Waals surface area contributed by atoms with Crippen molar-refractivity contribution in [3.05, 3.63) is 255 Å². The number of aryl methyl sites for hydroxylation is 3. The molecule has 0 bridgehead atoms. The molecular weight excluding hydrogens is 1980 g/mol. The fourth-order valence-electron chi connectivity index (χ4n) is 8.68. The van der Waals surface area contributed by atoms with Gasteiger partial charge in [-0.05, 0) is 52.7 Å². The van der Waals surface area contributed by atoms with Gasteiger partial charge >= 0.3 is 0 Å². The Hall–Kier alpha value is -7.10. The topological polar surface area (TPSA) is 166 Å². The number of aromatic nitrogens is 16. The third-order valence-corrected chi connectivity index (χ3v) is 13.3. The molecule has 4 radical (unpaired) electrons. The largest absolute Gasteiger partial charge is 0.406 e. The second-order valence-corrected chi connectivity index (χ2v) is 19.1. The fraction of sp³-hybridized carbons (Fsp3) is 0.0952. The first-order valence-corrected chi connectivity index (χ1v) is 26.0. The quantitative estimate of drug-likeness (QED) is 0.133. The van der Waals surface area contributed by atoms with Gasteiger partial charge in [0.05, 0.1) is 23.0 Å². The summed E-state index contributed by atoms with van der Waals surface area (Å²) in [7, 11) is 5.78. The maximum Gasteiger partial charge on any atom is 0.110 e. The smallest absolute Gasteiger partial charge is 0.110 e. The van der Waals surface area contributed by atoms with Crippen molar-refractivity contribution in [3.8, 4) is 79.2 Å². The van der Waals surface area contributed by atoms with Gasteiger partial charge in [0.25, 0.3) is 0 Å². The Morgan fingerprint density at radius 1 is 0.600 bits per heavy atom. The molecule has 9 aromatic heterocycles. The molecule has 0 unspecified atom stereocenters. The summed E-state index contributed by atoms with van der Waals surface area (Å²) in [4.78, 5) is 20.3. The van der Waals surface area contributed by atoms with Crippen LogP contribution in [0.1, 0.15) is 30.5 Å². The number of rotatable bonds is 8. The van der Waals surface area contributed by atoms with E-state index in [1.165, 1.54) is 40.1 Å². The number of benzene rings is 4. The first kappa shape index (κ1) is 68.7. The molecule has 0 amide bonds. The van der Waals surface area contributed by atoms with Gasteiger partial charge in [-0.2, -0.15) is 15.3 Å². The predicted molar refractivity (Wildman–Crippen MR) is 310 cm³/mol.